The molecule has 1 atom stereocenters. The van der Waals surface area contributed by atoms with Crippen molar-refractivity contribution in [3.63, 3.8) is 0 Å². The molecule has 1 amide bonds. The van der Waals surface area contributed by atoms with E-state index in [-0.39, 0.29) is 5.41 Å². The van der Waals surface area contributed by atoms with Crippen LogP contribution in [0.4, 0.5) is 0 Å². The standard InChI is InChI=1S/C22H25NOS/c24-20-12-15-25-21-22(13-7-14-23(20)21,16-18-8-3-1-4-9-18)17-19-10-5-2-6-11-19/h1-6,8-11,21H,7,12-17H2. The molecule has 0 N–H and O–H groups in total. The van der Waals surface area contributed by atoms with Crippen molar-refractivity contribution in [3.05, 3.63) is 71.8 Å². The lowest BCUT2D eigenvalue weighted by molar-refractivity contribution is -0.136. The Bertz CT molecular complexity index is 674. The molecule has 130 valence electrons. The van der Waals surface area contributed by atoms with Gasteiger partial charge < -0.3 is 4.90 Å². The Kier molecular flexibility index (Phi) is 4.85. The molecule has 0 radical (unpaired) electrons. The Balaban J connectivity index is 1.70. The van der Waals surface area contributed by atoms with Gasteiger partial charge in [0.15, 0.2) is 0 Å². The molecule has 0 bridgehead atoms. The van der Waals surface area contributed by atoms with Crippen LogP contribution in [0.3, 0.4) is 0 Å². The lowest BCUT2D eigenvalue weighted by Gasteiger charge is -2.52. The van der Waals surface area contributed by atoms with Crippen molar-refractivity contribution in [1.29, 1.82) is 0 Å². The summed E-state index contributed by atoms with van der Waals surface area (Å²) < 4.78 is 0. The molecule has 2 aliphatic rings. The number of piperidine rings is 1. The summed E-state index contributed by atoms with van der Waals surface area (Å²) in [4.78, 5) is 14.7. The molecule has 1 unspecified atom stereocenters. The van der Waals surface area contributed by atoms with E-state index in [9.17, 15) is 4.79 Å². The molecule has 3 heteroatoms. The molecule has 2 aliphatic heterocycles. The number of carbonyl (C=O) groups excluding carboxylic acids is 1. The summed E-state index contributed by atoms with van der Waals surface area (Å²) in [6.45, 7) is 0.932. The number of benzene rings is 2. The third-order valence-corrected chi connectivity index (χ3v) is 7.10. The first kappa shape index (κ1) is 16.7. The Labute approximate surface area is 154 Å². The molecular formula is C22H25NOS. The topological polar surface area (TPSA) is 20.3 Å². The van der Waals surface area contributed by atoms with Crippen LogP contribution in [0, 0.1) is 5.41 Å². The second kappa shape index (κ2) is 7.25. The maximum absolute atomic E-state index is 12.5. The zero-order valence-electron chi connectivity index (χ0n) is 14.6. The summed E-state index contributed by atoms with van der Waals surface area (Å²) >= 11 is 2.00. The van der Waals surface area contributed by atoms with Crippen molar-refractivity contribution in [2.75, 3.05) is 12.3 Å². The van der Waals surface area contributed by atoms with Crippen molar-refractivity contribution in [3.8, 4) is 0 Å². The largest absolute Gasteiger partial charge is 0.330 e. The van der Waals surface area contributed by atoms with E-state index in [4.69, 9.17) is 0 Å². The van der Waals surface area contributed by atoms with E-state index >= 15 is 0 Å². The maximum atomic E-state index is 12.5. The third kappa shape index (κ3) is 3.48. The molecule has 0 aromatic heterocycles. The first-order valence-corrected chi connectivity index (χ1v) is 10.3. The van der Waals surface area contributed by atoms with Gasteiger partial charge in [-0.25, -0.2) is 0 Å². The molecule has 2 nitrogen and oxygen atoms in total. The SMILES string of the molecule is O=C1CCSC2N1CCCC2(Cc1ccccc1)Cc1ccccc1. The zero-order valence-corrected chi connectivity index (χ0v) is 15.4. The highest BCUT2D eigenvalue weighted by molar-refractivity contribution is 8.00. The summed E-state index contributed by atoms with van der Waals surface area (Å²) in [7, 11) is 0. The molecule has 0 spiro atoms. The van der Waals surface area contributed by atoms with Crippen LogP contribution < -0.4 is 0 Å². The highest BCUT2D eigenvalue weighted by Gasteiger charge is 2.47. The Morgan fingerprint density at radius 1 is 0.960 bits per heavy atom. The van der Waals surface area contributed by atoms with Crippen molar-refractivity contribution in [2.24, 2.45) is 5.41 Å². The molecule has 2 aromatic rings. The van der Waals surface area contributed by atoms with Crippen molar-refractivity contribution in [1.82, 2.24) is 4.90 Å². The molecule has 2 aromatic carbocycles. The van der Waals surface area contributed by atoms with E-state index in [1.54, 1.807) is 0 Å². The minimum atomic E-state index is 0.127. The second-order valence-electron chi connectivity index (χ2n) is 7.35. The molecule has 0 saturated carbocycles. The number of thioether (sulfide) groups is 1. The van der Waals surface area contributed by atoms with Gasteiger partial charge in [-0.3, -0.25) is 4.79 Å². The number of fused-ring (bicyclic) bond motifs is 1. The molecule has 4 rings (SSSR count). The monoisotopic (exact) mass is 351 g/mol. The van der Waals surface area contributed by atoms with E-state index in [1.165, 1.54) is 17.5 Å². The molecule has 0 aliphatic carbocycles. The minimum absolute atomic E-state index is 0.127. The highest BCUT2D eigenvalue weighted by atomic mass is 32.2. The van der Waals surface area contributed by atoms with E-state index in [1.807, 2.05) is 11.8 Å². The highest BCUT2D eigenvalue weighted by Crippen LogP contribution is 2.48. The lowest BCUT2D eigenvalue weighted by Crippen LogP contribution is -2.56. The predicted octanol–water partition coefficient (Wildman–Crippen LogP) is 4.54. The molecular weight excluding hydrogens is 326 g/mol. The summed E-state index contributed by atoms with van der Waals surface area (Å²) in [5.74, 6) is 1.32. The van der Waals surface area contributed by atoms with E-state index in [0.717, 1.165) is 31.6 Å². The summed E-state index contributed by atoms with van der Waals surface area (Å²) in [5, 5.41) is 0.308. The van der Waals surface area contributed by atoms with E-state index < -0.39 is 0 Å². The number of hydrogen-bond donors (Lipinski definition) is 0. The number of rotatable bonds is 4. The number of amides is 1. The summed E-state index contributed by atoms with van der Waals surface area (Å²) in [6, 6.07) is 21.6. The van der Waals surface area contributed by atoms with Crippen LogP contribution in [-0.2, 0) is 17.6 Å². The normalized spacial score (nSPS) is 22.5. The molecule has 25 heavy (non-hydrogen) atoms. The fraction of sp³-hybridized carbons (Fsp3) is 0.409. The Morgan fingerprint density at radius 2 is 1.56 bits per heavy atom. The van der Waals surface area contributed by atoms with Crippen molar-refractivity contribution < 1.29 is 4.79 Å². The van der Waals surface area contributed by atoms with E-state index in [2.05, 4.69) is 65.6 Å². The average molecular weight is 352 g/mol. The first-order valence-electron chi connectivity index (χ1n) is 9.26. The maximum Gasteiger partial charge on any atom is 0.224 e. The minimum Gasteiger partial charge on any atom is -0.330 e. The number of carbonyl (C=O) groups is 1. The van der Waals surface area contributed by atoms with Gasteiger partial charge in [-0.1, -0.05) is 60.7 Å². The molecule has 2 fully saturated rings. The molecule has 2 saturated heterocycles. The summed E-state index contributed by atoms with van der Waals surface area (Å²) in [5.41, 5.74) is 2.90. The first-order chi connectivity index (χ1) is 12.3. The fourth-order valence-corrected chi connectivity index (χ4v) is 6.07. The van der Waals surface area contributed by atoms with Gasteiger partial charge in [-0.05, 0) is 36.8 Å². The smallest absolute Gasteiger partial charge is 0.224 e. The van der Waals surface area contributed by atoms with Crippen LogP contribution in [0.15, 0.2) is 60.7 Å². The number of nitrogens with zero attached hydrogens (tertiary/aromatic N) is 1. The van der Waals surface area contributed by atoms with Crippen LogP contribution in [-0.4, -0.2) is 28.5 Å². The predicted molar refractivity (Wildman–Crippen MR) is 105 cm³/mol. The fourth-order valence-electron chi connectivity index (χ4n) is 4.52. The van der Waals surface area contributed by atoms with Gasteiger partial charge in [0.2, 0.25) is 5.91 Å². The summed E-state index contributed by atoms with van der Waals surface area (Å²) in [6.07, 6.45) is 5.10. The van der Waals surface area contributed by atoms with Gasteiger partial charge in [-0.15, -0.1) is 11.8 Å². The van der Waals surface area contributed by atoms with Crippen LogP contribution in [0.1, 0.15) is 30.4 Å². The van der Waals surface area contributed by atoms with Gasteiger partial charge in [0, 0.05) is 24.1 Å². The zero-order chi connectivity index (χ0) is 17.1. The van der Waals surface area contributed by atoms with Crippen LogP contribution in [0.5, 0.6) is 0 Å². The van der Waals surface area contributed by atoms with Crippen molar-refractivity contribution >= 4 is 17.7 Å². The lowest BCUT2D eigenvalue weighted by atomic mass is 9.70. The second-order valence-corrected chi connectivity index (χ2v) is 8.54. The quantitative estimate of drug-likeness (QED) is 0.806. The van der Waals surface area contributed by atoms with Crippen LogP contribution in [0.2, 0.25) is 0 Å². The van der Waals surface area contributed by atoms with Gasteiger partial charge in [-0.2, -0.15) is 0 Å². The van der Waals surface area contributed by atoms with Gasteiger partial charge in [0.25, 0.3) is 0 Å². The van der Waals surface area contributed by atoms with E-state index in [0.29, 0.717) is 17.7 Å². The number of hydrogen-bond acceptors (Lipinski definition) is 2. The molecule has 2 heterocycles. The Hall–Kier alpha value is -1.74. The van der Waals surface area contributed by atoms with Crippen LogP contribution >= 0.6 is 11.8 Å². The van der Waals surface area contributed by atoms with Crippen molar-refractivity contribution in [2.45, 2.75) is 37.5 Å². The Morgan fingerprint density at radius 3 is 2.16 bits per heavy atom. The van der Waals surface area contributed by atoms with Crippen LogP contribution in [0.25, 0.3) is 0 Å². The van der Waals surface area contributed by atoms with Gasteiger partial charge in [0.1, 0.15) is 0 Å². The average Bonchev–Trinajstić information content (AvgIpc) is 2.64. The van der Waals surface area contributed by atoms with Gasteiger partial charge >= 0.3 is 0 Å². The third-order valence-electron chi connectivity index (χ3n) is 5.59. The van der Waals surface area contributed by atoms with Gasteiger partial charge in [0.05, 0.1) is 5.37 Å².